The van der Waals surface area contributed by atoms with Crippen molar-refractivity contribution in [3.05, 3.63) is 52.0 Å². The largest absolute Gasteiger partial charge is 0.503 e. The average Bonchev–Trinajstić information content (AvgIpc) is 2.68. The summed E-state index contributed by atoms with van der Waals surface area (Å²) in [6, 6.07) is 8.85. The summed E-state index contributed by atoms with van der Waals surface area (Å²) in [7, 11) is -1.26. The molecule has 156 valence electrons. The molecule has 11 heteroatoms. The number of nitrogens with zero attached hydrogens (tertiary/aromatic N) is 1. The maximum atomic E-state index is 12.5. The summed E-state index contributed by atoms with van der Waals surface area (Å²) in [4.78, 5) is 24.3. The molecule has 0 aliphatic carbocycles. The molecule has 0 bridgehead atoms. The van der Waals surface area contributed by atoms with E-state index in [0.717, 1.165) is 9.87 Å². The summed E-state index contributed by atoms with van der Waals surface area (Å²) in [5, 5.41) is 9.77. The minimum atomic E-state index is -3.85. The number of amides is 2. The second kappa shape index (κ2) is 9.25. The number of hydrogen-bond donors (Lipinski definition) is 3. The zero-order chi connectivity index (χ0) is 21.8. The van der Waals surface area contributed by atoms with E-state index in [2.05, 4.69) is 26.8 Å². The lowest BCUT2D eigenvalue weighted by atomic mass is 10.2. The molecule has 0 saturated heterocycles. The van der Waals surface area contributed by atoms with Gasteiger partial charge < -0.3 is 9.84 Å². The van der Waals surface area contributed by atoms with Gasteiger partial charge in [0, 0.05) is 12.6 Å². The van der Waals surface area contributed by atoms with Crippen LogP contribution in [-0.4, -0.2) is 50.3 Å². The van der Waals surface area contributed by atoms with E-state index in [9.17, 15) is 23.1 Å². The highest BCUT2D eigenvalue weighted by Crippen LogP contribution is 2.35. The molecule has 0 radical (unpaired) electrons. The quantitative estimate of drug-likeness (QED) is 0.533. The van der Waals surface area contributed by atoms with E-state index in [1.54, 1.807) is 12.1 Å². The Hall–Kier alpha value is -2.63. The molecule has 0 aliphatic rings. The van der Waals surface area contributed by atoms with Crippen LogP contribution in [0.2, 0.25) is 0 Å². The van der Waals surface area contributed by atoms with Crippen LogP contribution in [0.25, 0.3) is 0 Å². The lowest BCUT2D eigenvalue weighted by Gasteiger charge is -2.17. The van der Waals surface area contributed by atoms with E-state index in [-0.39, 0.29) is 26.4 Å². The smallest absolute Gasteiger partial charge is 0.269 e. The lowest BCUT2D eigenvalue weighted by Crippen LogP contribution is -2.46. The van der Waals surface area contributed by atoms with E-state index in [1.807, 2.05) is 6.92 Å². The minimum Gasteiger partial charge on any atom is -0.503 e. The van der Waals surface area contributed by atoms with Crippen molar-refractivity contribution in [2.75, 3.05) is 20.7 Å². The first-order chi connectivity index (χ1) is 13.6. The van der Waals surface area contributed by atoms with Crippen molar-refractivity contribution in [3.63, 3.8) is 0 Å². The van der Waals surface area contributed by atoms with Gasteiger partial charge in [0.15, 0.2) is 11.5 Å². The van der Waals surface area contributed by atoms with Crippen LogP contribution in [0.5, 0.6) is 11.5 Å². The number of rotatable bonds is 6. The number of carbonyl (C=O) groups excluding carboxylic acids is 2. The average molecular weight is 486 g/mol. The topological polar surface area (TPSA) is 125 Å². The maximum absolute atomic E-state index is 12.5. The normalized spacial score (nSPS) is 11.2. The number of sulfonamides is 1. The fourth-order valence-corrected chi connectivity index (χ4v) is 3.85. The SMILES string of the molecule is COc1cc(C(=O)NNC(=O)CN(C)S(=O)(=O)c2ccc(C)cc2)cc(Br)c1O. The van der Waals surface area contributed by atoms with Crippen molar-refractivity contribution in [1.82, 2.24) is 15.2 Å². The summed E-state index contributed by atoms with van der Waals surface area (Å²) >= 11 is 3.10. The summed E-state index contributed by atoms with van der Waals surface area (Å²) < 4.78 is 31.1. The number of aryl methyl sites for hydroxylation is 1. The number of hydrogen-bond acceptors (Lipinski definition) is 6. The predicted molar refractivity (Wildman–Crippen MR) is 109 cm³/mol. The number of hydrazine groups is 1. The predicted octanol–water partition coefficient (Wildman–Crippen LogP) is 1.55. The first-order valence-corrected chi connectivity index (χ1v) is 10.5. The molecule has 0 aromatic heterocycles. The number of carbonyl (C=O) groups is 2. The number of halogens is 1. The number of nitrogens with one attached hydrogen (secondary N) is 2. The fourth-order valence-electron chi connectivity index (χ4n) is 2.28. The molecule has 0 unspecified atom stereocenters. The molecular weight excluding hydrogens is 466 g/mol. The Kier molecular flexibility index (Phi) is 7.22. The molecule has 0 heterocycles. The van der Waals surface area contributed by atoms with Gasteiger partial charge in [0.1, 0.15) is 0 Å². The summed E-state index contributed by atoms with van der Waals surface area (Å²) in [5.74, 6) is -1.52. The number of phenols is 1. The molecule has 3 N–H and O–H groups in total. The number of phenolic OH excluding ortho intramolecular Hbond substituents is 1. The van der Waals surface area contributed by atoms with E-state index in [1.165, 1.54) is 38.4 Å². The minimum absolute atomic E-state index is 0.0588. The molecule has 9 nitrogen and oxygen atoms in total. The van der Waals surface area contributed by atoms with Gasteiger partial charge in [-0.3, -0.25) is 20.4 Å². The summed E-state index contributed by atoms with van der Waals surface area (Å²) in [6.45, 7) is 1.33. The third-order valence-corrected chi connectivity index (χ3v) is 6.34. The molecular formula is C18H20BrN3O6S. The maximum Gasteiger partial charge on any atom is 0.269 e. The third kappa shape index (κ3) is 5.46. The van der Waals surface area contributed by atoms with Crippen LogP contribution in [0.1, 0.15) is 15.9 Å². The molecule has 2 aromatic carbocycles. The van der Waals surface area contributed by atoms with Crippen LogP contribution in [0, 0.1) is 6.92 Å². The lowest BCUT2D eigenvalue weighted by molar-refractivity contribution is -0.121. The first-order valence-electron chi connectivity index (χ1n) is 8.25. The zero-order valence-corrected chi connectivity index (χ0v) is 18.3. The van der Waals surface area contributed by atoms with Crippen molar-refractivity contribution >= 4 is 37.8 Å². The van der Waals surface area contributed by atoms with Gasteiger partial charge in [-0.1, -0.05) is 17.7 Å². The third-order valence-electron chi connectivity index (χ3n) is 3.92. The Morgan fingerprint density at radius 3 is 2.38 bits per heavy atom. The molecule has 0 saturated carbocycles. The van der Waals surface area contributed by atoms with Gasteiger partial charge in [0.2, 0.25) is 10.0 Å². The van der Waals surface area contributed by atoms with E-state index < -0.39 is 28.4 Å². The number of ether oxygens (including phenoxy) is 1. The van der Waals surface area contributed by atoms with Crippen molar-refractivity contribution in [1.29, 1.82) is 0 Å². The van der Waals surface area contributed by atoms with Gasteiger partial charge in [-0.05, 0) is 47.1 Å². The van der Waals surface area contributed by atoms with Crippen molar-refractivity contribution in [3.8, 4) is 11.5 Å². The Balaban J connectivity index is 1.99. The van der Waals surface area contributed by atoms with Crippen molar-refractivity contribution < 1.29 is 27.9 Å². The second-order valence-electron chi connectivity index (χ2n) is 6.09. The van der Waals surface area contributed by atoms with Crippen LogP contribution in [0.3, 0.4) is 0 Å². The van der Waals surface area contributed by atoms with Gasteiger partial charge in [-0.2, -0.15) is 4.31 Å². The van der Waals surface area contributed by atoms with Crippen LogP contribution in [0.15, 0.2) is 45.8 Å². The first kappa shape index (κ1) is 22.7. The molecule has 2 aromatic rings. The Bertz CT molecular complexity index is 1020. The molecule has 2 rings (SSSR count). The van der Waals surface area contributed by atoms with Crippen LogP contribution in [-0.2, 0) is 14.8 Å². The Morgan fingerprint density at radius 1 is 1.17 bits per heavy atom. The van der Waals surface area contributed by atoms with Crippen LogP contribution in [0.4, 0.5) is 0 Å². The molecule has 2 amide bonds. The standard InChI is InChI=1S/C18H20BrN3O6S/c1-11-4-6-13(7-5-11)29(26,27)22(2)10-16(23)20-21-18(25)12-8-14(19)17(24)15(9-12)28-3/h4-9,24H,10H2,1-3H3,(H,20,23)(H,21,25). The number of likely N-dealkylation sites (N-methyl/N-ethyl adjacent to an activating group) is 1. The Morgan fingerprint density at radius 2 is 1.79 bits per heavy atom. The molecule has 0 spiro atoms. The second-order valence-corrected chi connectivity index (χ2v) is 8.98. The van der Waals surface area contributed by atoms with Crippen molar-refractivity contribution in [2.45, 2.75) is 11.8 Å². The van der Waals surface area contributed by atoms with Gasteiger partial charge in [-0.15, -0.1) is 0 Å². The number of methoxy groups -OCH3 is 1. The van der Waals surface area contributed by atoms with Crippen LogP contribution < -0.4 is 15.6 Å². The highest BCUT2D eigenvalue weighted by molar-refractivity contribution is 9.10. The van der Waals surface area contributed by atoms with Gasteiger partial charge in [0.25, 0.3) is 11.8 Å². The molecule has 0 atom stereocenters. The van der Waals surface area contributed by atoms with E-state index in [0.29, 0.717) is 0 Å². The van der Waals surface area contributed by atoms with Crippen LogP contribution >= 0.6 is 15.9 Å². The number of benzene rings is 2. The van der Waals surface area contributed by atoms with E-state index in [4.69, 9.17) is 4.74 Å². The fraction of sp³-hybridized carbons (Fsp3) is 0.222. The Labute approximate surface area is 176 Å². The van der Waals surface area contributed by atoms with E-state index >= 15 is 0 Å². The van der Waals surface area contributed by atoms with Gasteiger partial charge in [-0.25, -0.2) is 8.42 Å². The van der Waals surface area contributed by atoms with Crippen molar-refractivity contribution in [2.24, 2.45) is 0 Å². The van der Waals surface area contributed by atoms with Gasteiger partial charge in [0.05, 0.1) is 23.0 Å². The monoisotopic (exact) mass is 485 g/mol. The highest BCUT2D eigenvalue weighted by Gasteiger charge is 2.23. The zero-order valence-electron chi connectivity index (χ0n) is 15.9. The number of aromatic hydroxyl groups is 1. The molecule has 0 fully saturated rings. The summed E-state index contributed by atoms with van der Waals surface area (Å²) in [5.41, 5.74) is 5.35. The molecule has 0 aliphatic heterocycles. The van der Waals surface area contributed by atoms with Gasteiger partial charge >= 0.3 is 0 Å². The highest BCUT2D eigenvalue weighted by atomic mass is 79.9. The summed E-state index contributed by atoms with van der Waals surface area (Å²) in [6.07, 6.45) is 0. The molecule has 29 heavy (non-hydrogen) atoms.